The third-order valence-corrected chi connectivity index (χ3v) is 8.10. The summed E-state index contributed by atoms with van der Waals surface area (Å²) in [6, 6.07) is 11.3. The molecule has 1 atom stereocenters. The summed E-state index contributed by atoms with van der Waals surface area (Å²) >= 11 is 6.06. The molecule has 0 spiro atoms. The monoisotopic (exact) mass is 549 g/mol. The number of nitrogens with one attached hydrogen (secondary N) is 1. The van der Waals surface area contributed by atoms with Gasteiger partial charge in [0.15, 0.2) is 0 Å². The van der Waals surface area contributed by atoms with Gasteiger partial charge in [0.25, 0.3) is 0 Å². The maximum atomic E-state index is 13.7. The van der Waals surface area contributed by atoms with Gasteiger partial charge in [0, 0.05) is 17.6 Å². The molecule has 2 aromatic carbocycles. The van der Waals surface area contributed by atoms with Crippen molar-refractivity contribution >= 4 is 39.1 Å². The molecule has 0 aliphatic heterocycles. The Morgan fingerprint density at radius 3 is 2.32 bits per heavy atom. The molecule has 1 saturated carbocycles. The summed E-state index contributed by atoms with van der Waals surface area (Å²) in [6.45, 7) is 3.11. The van der Waals surface area contributed by atoms with Gasteiger partial charge in [0.2, 0.25) is 21.8 Å². The third kappa shape index (κ3) is 7.85. The maximum Gasteiger partial charge on any atom is 0.244 e. The first kappa shape index (κ1) is 28.8. The molecule has 0 aromatic heterocycles. The molecule has 3 rings (SSSR count). The molecule has 0 bridgehead atoms. The van der Waals surface area contributed by atoms with E-state index >= 15 is 0 Å². The van der Waals surface area contributed by atoms with Crippen LogP contribution in [0.4, 0.5) is 5.69 Å². The molecule has 2 amide bonds. The van der Waals surface area contributed by atoms with Crippen LogP contribution in [0.3, 0.4) is 0 Å². The van der Waals surface area contributed by atoms with Gasteiger partial charge in [-0.1, -0.05) is 43.0 Å². The van der Waals surface area contributed by atoms with E-state index in [1.165, 1.54) is 4.90 Å². The number of carbonyl (C=O) groups excluding carboxylic acids is 2. The molecule has 1 unspecified atom stereocenters. The van der Waals surface area contributed by atoms with E-state index in [-0.39, 0.29) is 18.5 Å². The lowest BCUT2D eigenvalue weighted by Crippen LogP contribution is -2.53. The standard InChI is InChI=1S/C27H36ClN3O5S/c1-19-16-22(28)12-15-25(19)31(37(4,34)35)18-26(32)30(17-21-10-13-24(36-3)14-11-21)20(2)27(33)29-23-8-6-5-7-9-23/h10-16,20,23H,5-9,17-18H2,1-4H3,(H,29,33). The number of carbonyl (C=O) groups is 2. The Morgan fingerprint density at radius 1 is 1.11 bits per heavy atom. The highest BCUT2D eigenvalue weighted by atomic mass is 35.5. The molecule has 8 nitrogen and oxygen atoms in total. The largest absolute Gasteiger partial charge is 0.497 e. The number of hydrogen-bond acceptors (Lipinski definition) is 5. The number of ether oxygens (including phenoxy) is 1. The Labute approximate surface area is 225 Å². The minimum atomic E-state index is -3.81. The first-order valence-corrected chi connectivity index (χ1v) is 14.7. The average molecular weight is 550 g/mol. The Hall–Kier alpha value is -2.78. The van der Waals surface area contributed by atoms with Crippen LogP contribution in [-0.4, -0.2) is 57.1 Å². The van der Waals surface area contributed by atoms with Crippen LogP contribution in [0.1, 0.15) is 50.2 Å². The lowest BCUT2D eigenvalue weighted by molar-refractivity contribution is -0.139. The fraction of sp³-hybridized carbons (Fsp3) is 0.481. The van der Waals surface area contributed by atoms with E-state index in [2.05, 4.69) is 5.32 Å². The van der Waals surface area contributed by atoms with Crippen molar-refractivity contribution in [3.63, 3.8) is 0 Å². The Bertz CT molecular complexity index is 1200. The Kier molecular flexibility index (Phi) is 9.84. The first-order chi connectivity index (χ1) is 17.5. The van der Waals surface area contributed by atoms with Crippen LogP contribution in [0.5, 0.6) is 5.75 Å². The lowest BCUT2D eigenvalue weighted by atomic mass is 9.95. The van der Waals surface area contributed by atoms with Gasteiger partial charge in [0.1, 0.15) is 18.3 Å². The summed E-state index contributed by atoms with van der Waals surface area (Å²) in [5.41, 5.74) is 1.78. The number of benzene rings is 2. The molecular formula is C27H36ClN3O5S. The van der Waals surface area contributed by atoms with E-state index < -0.39 is 28.5 Å². The predicted octanol–water partition coefficient (Wildman–Crippen LogP) is 4.29. The second-order valence-corrected chi connectivity index (χ2v) is 11.9. The van der Waals surface area contributed by atoms with Crippen LogP contribution in [-0.2, 0) is 26.2 Å². The first-order valence-electron chi connectivity index (χ1n) is 12.5. The zero-order valence-corrected chi connectivity index (χ0v) is 23.4. The SMILES string of the molecule is COc1ccc(CN(C(=O)CN(c2ccc(Cl)cc2C)S(C)(=O)=O)C(C)C(=O)NC2CCCCC2)cc1. The molecule has 10 heteroatoms. The van der Waals surface area contributed by atoms with E-state index in [4.69, 9.17) is 16.3 Å². The van der Waals surface area contributed by atoms with E-state index in [1.807, 2.05) is 12.1 Å². The molecular weight excluding hydrogens is 514 g/mol. The quantitative estimate of drug-likeness (QED) is 0.477. The number of anilines is 1. The predicted molar refractivity (Wildman–Crippen MR) is 146 cm³/mol. The van der Waals surface area contributed by atoms with Gasteiger partial charge < -0.3 is 15.0 Å². The van der Waals surface area contributed by atoms with Gasteiger partial charge in [-0.3, -0.25) is 13.9 Å². The molecule has 0 radical (unpaired) electrons. The van der Waals surface area contributed by atoms with Crippen LogP contribution in [0.15, 0.2) is 42.5 Å². The minimum Gasteiger partial charge on any atom is -0.497 e. The lowest BCUT2D eigenvalue weighted by Gasteiger charge is -2.33. The molecule has 1 N–H and O–H groups in total. The summed E-state index contributed by atoms with van der Waals surface area (Å²) in [5, 5.41) is 3.56. The van der Waals surface area contributed by atoms with Gasteiger partial charge in [-0.15, -0.1) is 0 Å². The van der Waals surface area contributed by atoms with E-state index in [1.54, 1.807) is 51.3 Å². The third-order valence-electron chi connectivity index (χ3n) is 6.74. The van der Waals surface area contributed by atoms with Crippen molar-refractivity contribution in [3.05, 3.63) is 58.6 Å². The zero-order chi connectivity index (χ0) is 27.2. The zero-order valence-electron chi connectivity index (χ0n) is 21.9. The highest BCUT2D eigenvalue weighted by molar-refractivity contribution is 7.92. The minimum absolute atomic E-state index is 0.0888. The second kappa shape index (κ2) is 12.6. The van der Waals surface area contributed by atoms with Crippen LogP contribution in [0.25, 0.3) is 0 Å². The van der Waals surface area contributed by atoms with Crippen molar-refractivity contribution in [1.29, 1.82) is 0 Å². The highest BCUT2D eigenvalue weighted by Crippen LogP contribution is 2.26. The van der Waals surface area contributed by atoms with Gasteiger partial charge >= 0.3 is 0 Å². The van der Waals surface area contributed by atoms with E-state index in [0.717, 1.165) is 48.2 Å². The average Bonchev–Trinajstić information content (AvgIpc) is 2.86. The van der Waals surface area contributed by atoms with Crippen LogP contribution >= 0.6 is 11.6 Å². The van der Waals surface area contributed by atoms with Crippen LogP contribution in [0, 0.1) is 6.92 Å². The van der Waals surface area contributed by atoms with Gasteiger partial charge in [0.05, 0.1) is 19.1 Å². The van der Waals surface area contributed by atoms with E-state index in [0.29, 0.717) is 22.0 Å². The Morgan fingerprint density at radius 2 is 1.76 bits per heavy atom. The number of aryl methyl sites for hydroxylation is 1. The number of hydrogen-bond donors (Lipinski definition) is 1. The van der Waals surface area contributed by atoms with Gasteiger partial charge in [-0.05, 0) is 68.1 Å². The summed E-state index contributed by atoms with van der Waals surface area (Å²) in [4.78, 5) is 28.4. The topological polar surface area (TPSA) is 96.0 Å². The second-order valence-electron chi connectivity index (χ2n) is 9.59. The van der Waals surface area contributed by atoms with Crippen molar-refractivity contribution in [1.82, 2.24) is 10.2 Å². The van der Waals surface area contributed by atoms with Crippen LogP contribution < -0.4 is 14.4 Å². The fourth-order valence-electron chi connectivity index (χ4n) is 4.57. The van der Waals surface area contributed by atoms with Gasteiger partial charge in [-0.2, -0.15) is 0 Å². The van der Waals surface area contributed by atoms with Crippen molar-refractivity contribution in [2.45, 2.75) is 64.6 Å². The number of halogens is 1. The summed E-state index contributed by atoms with van der Waals surface area (Å²) in [6.07, 6.45) is 6.19. The molecule has 1 fully saturated rings. The van der Waals surface area contributed by atoms with E-state index in [9.17, 15) is 18.0 Å². The smallest absolute Gasteiger partial charge is 0.244 e. The molecule has 1 aliphatic carbocycles. The summed E-state index contributed by atoms with van der Waals surface area (Å²) in [7, 11) is -2.24. The van der Waals surface area contributed by atoms with Crippen molar-refractivity contribution in [2.24, 2.45) is 0 Å². The number of methoxy groups -OCH3 is 1. The fourth-order valence-corrected chi connectivity index (χ4v) is 5.71. The molecule has 0 saturated heterocycles. The summed E-state index contributed by atoms with van der Waals surface area (Å²) < 4.78 is 31.8. The number of amides is 2. The van der Waals surface area contributed by atoms with Crippen LogP contribution in [0.2, 0.25) is 5.02 Å². The number of sulfonamides is 1. The molecule has 2 aromatic rings. The van der Waals surface area contributed by atoms with Crippen molar-refractivity contribution < 1.29 is 22.7 Å². The molecule has 1 aliphatic rings. The van der Waals surface area contributed by atoms with Crippen molar-refractivity contribution in [3.8, 4) is 5.75 Å². The molecule has 202 valence electrons. The van der Waals surface area contributed by atoms with Crippen molar-refractivity contribution in [2.75, 3.05) is 24.2 Å². The molecule has 0 heterocycles. The number of nitrogens with zero attached hydrogens (tertiary/aromatic N) is 2. The van der Waals surface area contributed by atoms with Gasteiger partial charge in [-0.25, -0.2) is 8.42 Å². The normalized spacial score (nSPS) is 15.1. The maximum absolute atomic E-state index is 13.7. The highest BCUT2D eigenvalue weighted by Gasteiger charge is 2.31. The molecule has 37 heavy (non-hydrogen) atoms. The number of rotatable bonds is 10. The Balaban J connectivity index is 1.89. The summed E-state index contributed by atoms with van der Waals surface area (Å²) in [5.74, 6) is -0.0598.